The fourth-order valence-corrected chi connectivity index (χ4v) is 6.10. The Kier molecular flexibility index (Phi) is 3.75. The topological polar surface area (TPSA) is 0 Å². The minimum Gasteiger partial charge on any atom is -0.0967 e. The van der Waals surface area contributed by atoms with E-state index in [1.165, 1.54) is 54.0 Å². The van der Waals surface area contributed by atoms with Crippen molar-refractivity contribution in [1.82, 2.24) is 0 Å². The molecule has 0 fully saturated rings. The molecular formula is C26H16S2. The molecule has 0 saturated carbocycles. The predicted molar refractivity (Wildman–Crippen MR) is 123 cm³/mol. The van der Waals surface area contributed by atoms with Crippen molar-refractivity contribution in [1.29, 1.82) is 0 Å². The van der Waals surface area contributed by atoms with Crippen LogP contribution in [0.1, 0.15) is 22.3 Å². The summed E-state index contributed by atoms with van der Waals surface area (Å²) in [5.74, 6) is 0. The second kappa shape index (κ2) is 6.44. The molecule has 0 atom stereocenters. The van der Waals surface area contributed by atoms with Crippen LogP contribution in [0.25, 0.3) is 21.9 Å². The van der Waals surface area contributed by atoms with Gasteiger partial charge in [-0.1, -0.05) is 96.3 Å². The van der Waals surface area contributed by atoms with E-state index < -0.39 is 0 Å². The van der Waals surface area contributed by atoms with Gasteiger partial charge in [-0.15, -0.1) is 0 Å². The summed E-state index contributed by atoms with van der Waals surface area (Å²) in [4.78, 5) is 2.70. The monoisotopic (exact) mass is 392 g/mol. The van der Waals surface area contributed by atoms with Crippen molar-refractivity contribution in [3.63, 3.8) is 0 Å². The Morgan fingerprint density at radius 1 is 0.429 bits per heavy atom. The molecule has 0 amide bonds. The van der Waals surface area contributed by atoms with E-state index in [1.54, 1.807) is 0 Å². The molecule has 2 heterocycles. The first-order valence-corrected chi connectivity index (χ1v) is 11.1. The molecular weight excluding hydrogens is 376 g/mol. The summed E-state index contributed by atoms with van der Waals surface area (Å²) in [6, 6.07) is 30.6. The Labute approximate surface area is 173 Å². The quantitative estimate of drug-likeness (QED) is 0.341. The normalized spacial score (nSPS) is 14.6. The lowest BCUT2D eigenvalue weighted by atomic mass is 9.89. The van der Waals surface area contributed by atoms with E-state index in [0.29, 0.717) is 0 Å². The van der Waals surface area contributed by atoms with E-state index in [-0.39, 0.29) is 0 Å². The fourth-order valence-electron chi connectivity index (χ4n) is 4.13. The van der Waals surface area contributed by atoms with Crippen LogP contribution in [0.15, 0.2) is 106 Å². The van der Waals surface area contributed by atoms with Crippen LogP contribution >= 0.6 is 23.5 Å². The van der Waals surface area contributed by atoms with Crippen LogP contribution in [0, 0.1) is 0 Å². The zero-order valence-corrected chi connectivity index (χ0v) is 16.7. The molecule has 0 bridgehead atoms. The van der Waals surface area contributed by atoms with Crippen molar-refractivity contribution < 1.29 is 0 Å². The third-order valence-corrected chi connectivity index (χ3v) is 7.34. The summed E-state index contributed by atoms with van der Waals surface area (Å²) in [6.45, 7) is 0. The molecule has 0 N–H and O–H groups in total. The van der Waals surface area contributed by atoms with E-state index in [4.69, 9.17) is 0 Å². The van der Waals surface area contributed by atoms with E-state index in [9.17, 15) is 0 Å². The van der Waals surface area contributed by atoms with Gasteiger partial charge >= 0.3 is 0 Å². The maximum Gasteiger partial charge on any atom is 0.0202 e. The molecule has 0 nitrogen and oxygen atoms in total. The maximum absolute atomic E-state index is 2.30. The Morgan fingerprint density at radius 2 is 0.857 bits per heavy atom. The second-order valence-electron chi connectivity index (χ2n) is 7.00. The summed E-state index contributed by atoms with van der Waals surface area (Å²) >= 11 is 3.68. The number of rotatable bonds is 2. The zero-order valence-electron chi connectivity index (χ0n) is 15.1. The van der Waals surface area contributed by atoms with Crippen LogP contribution in [0.5, 0.6) is 0 Å². The molecule has 4 aromatic carbocycles. The molecule has 0 unspecified atom stereocenters. The summed E-state index contributed by atoms with van der Waals surface area (Å²) < 4.78 is 0. The van der Waals surface area contributed by atoms with Gasteiger partial charge in [0.2, 0.25) is 0 Å². The first kappa shape index (κ1) is 16.3. The highest BCUT2D eigenvalue weighted by Gasteiger charge is 2.24. The van der Waals surface area contributed by atoms with Gasteiger partial charge in [-0.2, -0.15) is 0 Å². The first-order valence-electron chi connectivity index (χ1n) is 9.35. The Morgan fingerprint density at radius 3 is 1.29 bits per heavy atom. The molecule has 2 heteroatoms. The largest absolute Gasteiger partial charge is 0.0967 e. The van der Waals surface area contributed by atoms with E-state index in [0.717, 1.165) is 0 Å². The minimum absolute atomic E-state index is 1.28. The molecule has 0 radical (unpaired) electrons. The summed E-state index contributed by atoms with van der Waals surface area (Å²) in [6.07, 6.45) is 0. The summed E-state index contributed by atoms with van der Waals surface area (Å²) in [7, 11) is 0. The Bertz CT molecular complexity index is 1180. The van der Waals surface area contributed by atoms with Crippen LogP contribution in [0.4, 0.5) is 0 Å². The highest BCUT2D eigenvalue weighted by molar-refractivity contribution is 8.03. The van der Waals surface area contributed by atoms with Crippen LogP contribution in [-0.2, 0) is 0 Å². The van der Waals surface area contributed by atoms with Crippen molar-refractivity contribution >= 4 is 45.4 Å². The van der Waals surface area contributed by atoms with Crippen LogP contribution < -0.4 is 0 Å². The van der Waals surface area contributed by atoms with Gasteiger partial charge in [-0.25, -0.2) is 0 Å². The van der Waals surface area contributed by atoms with E-state index >= 15 is 0 Å². The van der Waals surface area contributed by atoms with Crippen molar-refractivity contribution in [2.45, 2.75) is 9.79 Å². The molecule has 132 valence electrons. The molecule has 28 heavy (non-hydrogen) atoms. The Hall–Kier alpha value is -2.68. The van der Waals surface area contributed by atoms with Crippen molar-refractivity contribution in [3.8, 4) is 0 Å². The maximum atomic E-state index is 2.30. The third kappa shape index (κ3) is 2.42. The van der Waals surface area contributed by atoms with Crippen molar-refractivity contribution in [3.05, 3.63) is 118 Å². The van der Waals surface area contributed by atoms with Gasteiger partial charge in [0, 0.05) is 20.6 Å². The SMILES string of the molecule is C1=C(c2ccccc2)c2ccc3c4c(ccc(c24)S1)C(c1ccccc1)=CS3. The number of benzene rings is 4. The lowest BCUT2D eigenvalue weighted by Gasteiger charge is -2.25. The van der Waals surface area contributed by atoms with Gasteiger partial charge in [0.25, 0.3) is 0 Å². The first-order chi connectivity index (χ1) is 13.9. The number of hydrogen-bond acceptors (Lipinski definition) is 2. The van der Waals surface area contributed by atoms with E-state index in [2.05, 4.69) is 95.7 Å². The molecule has 2 aliphatic heterocycles. The highest BCUT2D eigenvalue weighted by Crippen LogP contribution is 2.50. The second-order valence-corrected chi connectivity index (χ2v) is 8.83. The van der Waals surface area contributed by atoms with Crippen LogP contribution in [0.2, 0.25) is 0 Å². The van der Waals surface area contributed by atoms with Crippen LogP contribution in [-0.4, -0.2) is 0 Å². The van der Waals surface area contributed by atoms with Crippen LogP contribution in [0.3, 0.4) is 0 Å². The molecule has 0 aliphatic carbocycles. The number of thioether (sulfide) groups is 2. The molecule has 2 aliphatic rings. The van der Waals surface area contributed by atoms with Gasteiger partial charge in [0.15, 0.2) is 0 Å². The average molecular weight is 393 g/mol. The molecule has 0 saturated heterocycles. The van der Waals surface area contributed by atoms with Crippen molar-refractivity contribution in [2.24, 2.45) is 0 Å². The van der Waals surface area contributed by atoms with Gasteiger partial charge < -0.3 is 0 Å². The zero-order chi connectivity index (χ0) is 18.5. The molecule has 0 spiro atoms. The lowest BCUT2D eigenvalue weighted by molar-refractivity contribution is 1.42. The minimum atomic E-state index is 1.28. The molecule has 4 aromatic rings. The van der Waals surface area contributed by atoms with E-state index in [1.807, 2.05) is 23.5 Å². The van der Waals surface area contributed by atoms with Gasteiger partial charge in [-0.3, -0.25) is 0 Å². The van der Waals surface area contributed by atoms with Gasteiger partial charge in [0.05, 0.1) is 0 Å². The number of hydrogen-bond donors (Lipinski definition) is 0. The smallest absolute Gasteiger partial charge is 0.0202 e. The summed E-state index contributed by atoms with van der Waals surface area (Å²) in [5.41, 5.74) is 7.89. The predicted octanol–water partition coefficient (Wildman–Crippen LogP) is 7.83. The lowest BCUT2D eigenvalue weighted by Crippen LogP contribution is -2.00. The molecule has 6 rings (SSSR count). The average Bonchev–Trinajstić information content (AvgIpc) is 2.78. The fraction of sp³-hybridized carbons (Fsp3) is 0. The standard InChI is InChI=1S/C26H16S2/c1-3-7-17(8-4-1)21-15-27-23-14-12-20-22(18-9-5-2-6-10-18)16-28-24-13-11-19(21)25(23)26(20)24/h1-16H. The molecule has 0 aromatic heterocycles. The van der Waals surface area contributed by atoms with Gasteiger partial charge in [-0.05, 0) is 56.3 Å². The Balaban J connectivity index is 1.62. The highest BCUT2D eigenvalue weighted by atomic mass is 32.2. The van der Waals surface area contributed by atoms with Gasteiger partial charge in [0.1, 0.15) is 0 Å². The summed E-state index contributed by atoms with van der Waals surface area (Å²) in [5, 5.41) is 7.41. The third-order valence-electron chi connectivity index (χ3n) is 5.44. The van der Waals surface area contributed by atoms with Crippen molar-refractivity contribution in [2.75, 3.05) is 0 Å².